The van der Waals surface area contributed by atoms with Gasteiger partial charge < -0.3 is 10.5 Å². The van der Waals surface area contributed by atoms with Crippen LogP contribution in [0.3, 0.4) is 0 Å². The lowest BCUT2D eigenvalue weighted by Crippen LogP contribution is -2.02. The van der Waals surface area contributed by atoms with Crippen molar-refractivity contribution in [2.45, 2.75) is 20.3 Å². The number of nitro benzene ring substituents is 1. The summed E-state index contributed by atoms with van der Waals surface area (Å²) < 4.78 is 4.72. The molecule has 1 aromatic carbocycles. The Morgan fingerprint density at radius 3 is 2.79 bits per heavy atom. The molecule has 1 rings (SSSR count). The second kappa shape index (κ2) is 6.40. The molecular weight excluding hydrogens is 248 g/mol. The highest BCUT2D eigenvalue weighted by molar-refractivity contribution is 5.73. The summed E-state index contributed by atoms with van der Waals surface area (Å²) in [6, 6.07) is 2.80. The lowest BCUT2D eigenvalue weighted by atomic mass is 10.1. The van der Waals surface area contributed by atoms with Crippen molar-refractivity contribution in [3.8, 4) is 11.8 Å². The molecule has 0 radical (unpaired) electrons. The van der Waals surface area contributed by atoms with E-state index in [0.717, 1.165) is 0 Å². The van der Waals surface area contributed by atoms with Crippen molar-refractivity contribution in [1.29, 1.82) is 0 Å². The number of nitro groups is 1. The van der Waals surface area contributed by atoms with E-state index < -0.39 is 10.9 Å². The van der Waals surface area contributed by atoms with Crippen molar-refractivity contribution >= 4 is 17.3 Å². The Morgan fingerprint density at radius 1 is 1.53 bits per heavy atom. The number of aryl methyl sites for hydroxylation is 1. The minimum Gasteiger partial charge on any atom is -0.465 e. The van der Waals surface area contributed by atoms with Crippen molar-refractivity contribution in [2.75, 3.05) is 12.3 Å². The second-order valence-corrected chi connectivity index (χ2v) is 3.77. The summed E-state index contributed by atoms with van der Waals surface area (Å²) in [5.41, 5.74) is 6.79. The minimum absolute atomic E-state index is 0.0384. The second-order valence-electron chi connectivity index (χ2n) is 3.77. The number of nitrogens with two attached hydrogens (primary N) is 1. The van der Waals surface area contributed by atoms with Crippen LogP contribution in [-0.4, -0.2) is 17.5 Å². The van der Waals surface area contributed by atoms with Gasteiger partial charge in [0.05, 0.1) is 17.2 Å². The maximum atomic E-state index is 11.1. The summed E-state index contributed by atoms with van der Waals surface area (Å²) in [6.07, 6.45) is -0.0384. The van der Waals surface area contributed by atoms with Crippen LogP contribution in [0.25, 0.3) is 0 Å². The maximum absolute atomic E-state index is 11.1. The van der Waals surface area contributed by atoms with Gasteiger partial charge in [0, 0.05) is 17.2 Å². The number of carbonyl (C=O) groups is 1. The van der Waals surface area contributed by atoms with Crippen molar-refractivity contribution in [3.63, 3.8) is 0 Å². The van der Waals surface area contributed by atoms with Crippen LogP contribution in [-0.2, 0) is 9.53 Å². The SMILES string of the molecule is CCOC(=O)CC#Cc1cc(C)c([N+](=O)[O-])cc1N. The fourth-order valence-electron chi connectivity index (χ4n) is 1.44. The quantitative estimate of drug-likeness (QED) is 0.294. The number of esters is 1. The number of anilines is 1. The molecule has 2 N–H and O–H groups in total. The largest absolute Gasteiger partial charge is 0.465 e. The Morgan fingerprint density at radius 2 is 2.21 bits per heavy atom. The van der Waals surface area contributed by atoms with E-state index in [-0.39, 0.29) is 17.8 Å². The van der Waals surface area contributed by atoms with Crippen molar-refractivity contribution in [1.82, 2.24) is 0 Å². The van der Waals surface area contributed by atoms with E-state index in [0.29, 0.717) is 17.7 Å². The number of carbonyl (C=O) groups excluding carboxylic acids is 1. The average Bonchev–Trinajstić information content (AvgIpc) is 2.33. The minimum atomic E-state index is -0.498. The molecule has 0 atom stereocenters. The monoisotopic (exact) mass is 262 g/mol. The average molecular weight is 262 g/mol. The molecule has 0 unspecified atom stereocenters. The van der Waals surface area contributed by atoms with Gasteiger partial charge in [0.1, 0.15) is 6.42 Å². The molecule has 0 bridgehead atoms. The Kier molecular flexibility index (Phi) is 4.89. The van der Waals surface area contributed by atoms with E-state index in [1.54, 1.807) is 13.8 Å². The predicted octanol–water partition coefficient (Wildman–Crippen LogP) is 1.79. The van der Waals surface area contributed by atoms with Crippen LogP contribution in [0.2, 0.25) is 0 Å². The van der Waals surface area contributed by atoms with Gasteiger partial charge in [0.2, 0.25) is 0 Å². The highest BCUT2D eigenvalue weighted by Crippen LogP contribution is 2.24. The molecule has 0 heterocycles. The van der Waals surface area contributed by atoms with Crippen molar-refractivity contribution in [3.05, 3.63) is 33.4 Å². The van der Waals surface area contributed by atoms with Crippen LogP contribution in [0.15, 0.2) is 12.1 Å². The number of nitrogens with zero attached hydrogens (tertiary/aromatic N) is 1. The van der Waals surface area contributed by atoms with Crippen LogP contribution in [0, 0.1) is 28.9 Å². The highest BCUT2D eigenvalue weighted by atomic mass is 16.6. The molecule has 0 amide bonds. The van der Waals surface area contributed by atoms with Crippen LogP contribution >= 0.6 is 0 Å². The third-order valence-electron chi connectivity index (χ3n) is 2.33. The third-order valence-corrected chi connectivity index (χ3v) is 2.33. The Bertz CT molecular complexity index is 570. The molecule has 6 nitrogen and oxygen atoms in total. The fraction of sp³-hybridized carbons (Fsp3) is 0.308. The standard InChI is InChI=1S/C13H14N2O4/c1-3-19-13(16)6-4-5-10-7-9(2)12(15(17)18)8-11(10)14/h7-8H,3,6,14H2,1-2H3. The topological polar surface area (TPSA) is 95.5 Å². The zero-order valence-corrected chi connectivity index (χ0v) is 10.7. The third kappa shape index (κ3) is 4.00. The Balaban J connectivity index is 2.92. The van der Waals surface area contributed by atoms with Gasteiger partial charge in [-0.1, -0.05) is 11.8 Å². The summed E-state index contributed by atoms with van der Waals surface area (Å²) >= 11 is 0. The zero-order chi connectivity index (χ0) is 14.4. The summed E-state index contributed by atoms with van der Waals surface area (Å²) in [5, 5.41) is 10.7. The molecule has 1 aromatic rings. The summed E-state index contributed by atoms with van der Waals surface area (Å²) in [5.74, 6) is 4.93. The molecule has 0 aliphatic heterocycles. The number of ether oxygens (including phenoxy) is 1. The van der Waals surface area contributed by atoms with Gasteiger partial charge >= 0.3 is 5.97 Å². The molecule has 0 aliphatic carbocycles. The molecule has 0 saturated heterocycles. The first-order chi connectivity index (χ1) is 8.95. The normalized spacial score (nSPS) is 9.37. The van der Waals surface area contributed by atoms with Gasteiger partial charge in [-0.25, -0.2) is 0 Å². The zero-order valence-electron chi connectivity index (χ0n) is 10.7. The Hall–Kier alpha value is -2.55. The van der Waals surface area contributed by atoms with E-state index in [4.69, 9.17) is 10.5 Å². The lowest BCUT2D eigenvalue weighted by Gasteiger charge is -2.01. The van der Waals surface area contributed by atoms with Crippen LogP contribution in [0.5, 0.6) is 0 Å². The smallest absolute Gasteiger partial charge is 0.317 e. The van der Waals surface area contributed by atoms with E-state index in [9.17, 15) is 14.9 Å². The molecule has 19 heavy (non-hydrogen) atoms. The first-order valence-electron chi connectivity index (χ1n) is 5.64. The van der Waals surface area contributed by atoms with E-state index >= 15 is 0 Å². The molecule has 0 saturated carbocycles. The van der Waals surface area contributed by atoms with E-state index in [1.807, 2.05) is 0 Å². The van der Waals surface area contributed by atoms with Gasteiger partial charge in [0.25, 0.3) is 5.69 Å². The molecule has 6 heteroatoms. The van der Waals surface area contributed by atoms with Crippen LogP contribution in [0.1, 0.15) is 24.5 Å². The van der Waals surface area contributed by atoms with Gasteiger partial charge in [-0.15, -0.1) is 0 Å². The molecule has 0 aliphatic rings. The molecule has 0 aromatic heterocycles. The Labute approximate surface area is 110 Å². The molecule has 0 fully saturated rings. The summed E-state index contributed by atoms with van der Waals surface area (Å²) in [4.78, 5) is 21.3. The number of hydrogen-bond acceptors (Lipinski definition) is 5. The van der Waals surface area contributed by atoms with Gasteiger partial charge in [0.15, 0.2) is 0 Å². The first kappa shape index (κ1) is 14.5. The van der Waals surface area contributed by atoms with E-state index in [1.165, 1.54) is 12.1 Å². The van der Waals surface area contributed by atoms with Crippen LogP contribution < -0.4 is 5.73 Å². The molecule has 0 spiro atoms. The van der Waals surface area contributed by atoms with E-state index in [2.05, 4.69) is 11.8 Å². The lowest BCUT2D eigenvalue weighted by molar-refractivity contribution is -0.385. The highest BCUT2D eigenvalue weighted by Gasteiger charge is 2.12. The van der Waals surface area contributed by atoms with Gasteiger partial charge in [-0.2, -0.15) is 0 Å². The summed E-state index contributed by atoms with van der Waals surface area (Å²) in [6.45, 7) is 3.62. The molecule has 100 valence electrons. The summed E-state index contributed by atoms with van der Waals surface area (Å²) in [7, 11) is 0. The fourth-order valence-corrected chi connectivity index (χ4v) is 1.44. The predicted molar refractivity (Wildman–Crippen MR) is 70.4 cm³/mol. The first-order valence-corrected chi connectivity index (χ1v) is 5.64. The van der Waals surface area contributed by atoms with Crippen LogP contribution in [0.4, 0.5) is 11.4 Å². The number of rotatable bonds is 3. The van der Waals surface area contributed by atoms with Crippen molar-refractivity contribution in [2.24, 2.45) is 0 Å². The molecular formula is C13H14N2O4. The number of benzene rings is 1. The number of nitrogen functional groups attached to an aromatic ring is 1. The number of hydrogen-bond donors (Lipinski definition) is 1. The van der Waals surface area contributed by atoms with Crippen molar-refractivity contribution < 1.29 is 14.5 Å². The van der Waals surface area contributed by atoms with Gasteiger partial charge in [-0.05, 0) is 19.9 Å². The maximum Gasteiger partial charge on any atom is 0.317 e. The van der Waals surface area contributed by atoms with Gasteiger partial charge in [-0.3, -0.25) is 14.9 Å².